The lowest BCUT2D eigenvalue weighted by Crippen LogP contribution is -2.12. The first-order valence-electron chi connectivity index (χ1n) is 21.3. The van der Waals surface area contributed by atoms with Crippen LogP contribution in [-0.4, -0.2) is 4.57 Å². The van der Waals surface area contributed by atoms with Crippen LogP contribution in [0.2, 0.25) is 0 Å². The normalized spacial score (nSPS) is 11.5. The average Bonchev–Trinajstić information content (AvgIpc) is 3.68. The van der Waals surface area contributed by atoms with E-state index < -0.39 is 0 Å². The highest BCUT2D eigenvalue weighted by atomic mass is 15.1. The van der Waals surface area contributed by atoms with Gasteiger partial charge in [0.1, 0.15) is 0 Å². The fourth-order valence-electron chi connectivity index (χ4n) is 9.70. The van der Waals surface area contributed by atoms with Crippen LogP contribution in [0.5, 0.6) is 0 Å². The van der Waals surface area contributed by atoms with Gasteiger partial charge in [0.25, 0.3) is 0 Å². The molecule has 0 bridgehead atoms. The molecule has 290 valence electrons. The molecular formula is C60H40N2. The molecule has 11 aromatic carbocycles. The summed E-state index contributed by atoms with van der Waals surface area (Å²) in [5.41, 5.74) is 13.9. The molecule has 0 aliphatic heterocycles. The van der Waals surface area contributed by atoms with E-state index >= 15 is 0 Å². The molecule has 62 heavy (non-hydrogen) atoms. The highest BCUT2D eigenvalue weighted by Gasteiger charge is 2.21. The zero-order chi connectivity index (χ0) is 41.0. The maximum Gasteiger partial charge on any atom is 0.0546 e. The summed E-state index contributed by atoms with van der Waals surface area (Å²) in [6, 6.07) is 88.7. The van der Waals surface area contributed by atoms with E-state index in [1.54, 1.807) is 0 Å². The molecule has 0 unspecified atom stereocenters. The second kappa shape index (κ2) is 14.8. The maximum atomic E-state index is 2.45. The van der Waals surface area contributed by atoms with Crippen LogP contribution in [-0.2, 0) is 0 Å². The highest BCUT2D eigenvalue weighted by Crippen LogP contribution is 2.46. The van der Waals surface area contributed by atoms with Crippen molar-refractivity contribution in [3.05, 3.63) is 243 Å². The van der Waals surface area contributed by atoms with Crippen molar-refractivity contribution in [3.63, 3.8) is 0 Å². The third kappa shape index (κ3) is 5.96. The van der Waals surface area contributed by atoms with Gasteiger partial charge < -0.3 is 9.47 Å². The minimum absolute atomic E-state index is 1.07. The number of nitrogens with zero attached hydrogens (tertiary/aromatic N) is 2. The van der Waals surface area contributed by atoms with E-state index in [4.69, 9.17) is 0 Å². The summed E-state index contributed by atoms with van der Waals surface area (Å²) in [7, 11) is 0. The molecule has 2 nitrogen and oxygen atoms in total. The second-order valence-corrected chi connectivity index (χ2v) is 16.1. The Balaban J connectivity index is 1.09. The number of benzene rings is 11. The van der Waals surface area contributed by atoms with Gasteiger partial charge in [0, 0.05) is 33.4 Å². The van der Waals surface area contributed by atoms with E-state index in [0.717, 1.165) is 28.3 Å². The molecule has 0 fully saturated rings. The Labute approximate surface area is 360 Å². The van der Waals surface area contributed by atoms with Gasteiger partial charge in [-0.05, 0) is 115 Å². The van der Waals surface area contributed by atoms with Crippen molar-refractivity contribution in [2.75, 3.05) is 4.90 Å². The van der Waals surface area contributed by atoms with E-state index in [1.165, 1.54) is 81.9 Å². The number of anilines is 3. The van der Waals surface area contributed by atoms with Crippen molar-refractivity contribution in [1.82, 2.24) is 4.57 Å². The maximum absolute atomic E-state index is 2.45. The quantitative estimate of drug-likeness (QED) is 0.156. The number of aromatic nitrogens is 1. The number of hydrogen-bond donors (Lipinski definition) is 0. The van der Waals surface area contributed by atoms with Gasteiger partial charge in [-0.2, -0.15) is 0 Å². The topological polar surface area (TPSA) is 8.17 Å². The lowest BCUT2D eigenvalue weighted by Gasteiger charge is -2.29. The lowest BCUT2D eigenvalue weighted by atomic mass is 9.92. The predicted molar refractivity (Wildman–Crippen MR) is 264 cm³/mol. The summed E-state index contributed by atoms with van der Waals surface area (Å²) in [5, 5.41) is 9.91. The van der Waals surface area contributed by atoms with Crippen LogP contribution in [0.4, 0.5) is 17.1 Å². The van der Waals surface area contributed by atoms with Crippen LogP contribution in [0.1, 0.15) is 0 Å². The zero-order valence-corrected chi connectivity index (χ0v) is 34.0. The predicted octanol–water partition coefficient (Wildman–Crippen LogP) is 16.7. The third-order valence-corrected chi connectivity index (χ3v) is 12.6. The number of fused-ring (bicyclic) bond motifs is 6. The van der Waals surface area contributed by atoms with Crippen LogP contribution < -0.4 is 4.90 Å². The number of rotatable bonds is 7. The van der Waals surface area contributed by atoms with Gasteiger partial charge in [0.2, 0.25) is 0 Å². The van der Waals surface area contributed by atoms with Crippen LogP contribution >= 0.6 is 0 Å². The molecule has 0 radical (unpaired) electrons. The first-order valence-corrected chi connectivity index (χ1v) is 21.3. The summed E-state index contributed by atoms with van der Waals surface area (Å²) in [6.45, 7) is 0. The van der Waals surface area contributed by atoms with Crippen molar-refractivity contribution in [2.45, 2.75) is 0 Å². The first kappa shape index (κ1) is 35.7. The Hall–Kier alpha value is -8.20. The van der Waals surface area contributed by atoms with Crippen molar-refractivity contribution in [1.29, 1.82) is 0 Å². The van der Waals surface area contributed by atoms with E-state index in [-0.39, 0.29) is 0 Å². The van der Waals surface area contributed by atoms with Gasteiger partial charge in [0.15, 0.2) is 0 Å². The fourth-order valence-corrected chi connectivity index (χ4v) is 9.70. The van der Waals surface area contributed by atoms with Crippen molar-refractivity contribution < 1.29 is 0 Å². The molecular weight excluding hydrogens is 749 g/mol. The van der Waals surface area contributed by atoms with Crippen molar-refractivity contribution >= 4 is 71.2 Å². The molecule has 12 aromatic rings. The molecule has 0 atom stereocenters. The van der Waals surface area contributed by atoms with E-state index in [1.807, 2.05) is 0 Å². The van der Waals surface area contributed by atoms with Crippen LogP contribution in [0.15, 0.2) is 243 Å². The summed E-state index contributed by atoms with van der Waals surface area (Å²) in [5.74, 6) is 0. The molecule has 0 saturated heterocycles. The summed E-state index contributed by atoms with van der Waals surface area (Å²) < 4.78 is 2.39. The third-order valence-electron chi connectivity index (χ3n) is 12.6. The largest absolute Gasteiger partial charge is 0.310 e. The Morgan fingerprint density at radius 1 is 0.274 bits per heavy atom. The minimum atomic E-state index is 1.07. The summed E-state index contributed by atoms with van der Waals surface area (Å²) in [6.07, 6.45) is 0. The fraction of sp³-hybridized carbons (Fsp3) is 0. The Morgan fingerprint density at radius 3 is 1.23 bits per heavy atom. The van der Waals surface area contributed by atoms with Gasteiger partial charge in [-0.15, -0.1) is 0 Å². The average molecular weight is 789 g/mol. The van der Waals surface area contributed by atoms with Crippen LogP contribution in [0.25, 0.3) is 93.2 Å². The minimum Gasteiger partial charge on any atom is -0.310 e. The Bertz CT molecular complexity index is 3560. The molecule has 0 saturated carbocycles. The van der Waals surface area contributed by atoms with Crippen LogP contribution in [0.3, 0.4) is 0 Å². The van der Waals surface area contributed by atoms with Gasteiger partial charge in [0.05, 0.1) is 16.7 Å². The molecule has 0 N–H and O–H groups in total. The van der Waals surface area contributed by atoms with Gasteiger partial charge in [-0.1, -0.05) is 188 Å². The van der Waals surface area contributed by atoms with E-state index in [0.29, 0.717) is 0 Å². The first-order chi connectivity index (χ1) is 30.8. The zero-order valence-electron chi connectivity index (χ0n) is 34.0. The standard InChI is InChI=1S/C60H40N2/c1-4-20-49-41(14-1)17-11-25-51(49)44-30-33-46(34-31-44)61(47-35-37-48(38-36-47)62-58-28-9-7-23-55(58)56-24-8-10-29-59(56)62)60-40-45(53-26-12-18-42-15-2-5-21-50(42)53)32-39-57(60)54-27-13-19-43-16-3-6-22-52(43)54/h1-40H. The highest BCUT2D eigenvalue weighted by molar-refractivity contribution is 6.09. The second-order valence-electron chi connectivity index (χ2n) is 16.1. The molecule has 0 aliphatic carbocycles. The molecule has 1 heterocycles. The van der Waals surface area contributed by atoms with Gasteiger partial charge in [-0.3, -0.25) is 0 Å². The Kier molecular flexibility index (Phi) is 8.53. The van der Waals surface area contributed by atoms with Gasteiger partial charge >= 0.3 is 0 Å². The molecule has 12 rings (SSSR count). The monoisotopic (exact) mass is 788 g/mol. The molecule has 2 heteroatoms. The smallest absolute Gasteiger partial charge is 0.0546 e. The van der Waals surface area contributed by atoms with E-state index in [2.05, 4.69) is 252 Å². The van der Waals surface area contributed by atoms with Crippen molar-refractivity contribution in [2.24, 2.45) is 0 Å². The molecule has 0 amide bonds. The SMILES string of the molecule is c1ccc2c(-c3ccc(N(c4ccc(-n5c6ccccc6c6ccccc65)cc4)c4cc(-c5cccc6ccccc56)ccc4-c4cccc5ccccc45)cc3)cccc2c1. The Morgan fingerprint density at radius 2 is 0.677 bits per heavy atom. The summed E-state index contributed by atoms with van der Waals surface area (Å²) >= 11 is 0. The molecule has 1 aromatic heterocycles. The summed E-state index contributed by atoms with van der Waals surface area (Å²) in [4.78, 5) is 2.45. The van der Waals surface area contributed by atoms with Crippen LogP contribution in [0, 0.1) is 0 Å². The van der Waals surface area contributed by atoms with Crippen molar-refractivity contribution in [3.8, 4) is 39.1 Å². The van der Waals surface area contributed by atoms with Gasteiger partial charge in [-0.25, -0.2) is 0 Å². The number of hydrogen-bond acceptors (Lipinski definition) is 1. The number of para-hydroxylation sites is 2. The molecule has 0 aliphatic rings. The lowest BCUT2D eigenvalue weighted by molar-refractivity contribution is 1.17. The molecule has 0 spiro atoms. The van der Waals surface area contributed by atoms with E-state index in [9.17, 15) is 0 Å².